The first kappa shape index (κ1) is 19.8. The Morgan fingerprint density at radius 1 is 1.18 bits per heavy atom. The van der Waals surface area contributed by atoms with E-state index in [4.69, 9.17) is 9.47 Å². The maximum Gasteiger partial charge on any atom is 0.416 e. The molecule has 0 aliphatic carbocycles. The van der Waals surface area contributed by atoms with Gasteiger partial charge in [-0.05, 0) is 29.8 Å². The fourth-order valence-corrected chi connectivity index (χ4v) is 2.80. The van der Waals surface area contributed by atoms with E-state index in [9.17, 15) is 18.0 Å². The van der Waals surface area contributed by atoms with E-state index in [1.807, 2.05) is 0 Å². The standard InChI is InChI=1S/C19H18F3N3O3/c1-2-17(26)25-10-15(16(11-25)28-18-23-8-3-9-24-18)27-12-13-4-6-14(7-5-13)19(20,21)22/h2-9,15-16H,1,10-12H2/t15?,16-/m0/s1. The number of alkyl halides is 3. The van der Waals surface area contributed by atoms with E-state index < -0.39 is 23.9 Å². The van der Waals surface area contributed by atoms with Crippen molar-refractivity contribution in [2.24, 2.45) is 0 Å². The second-order valence-electron chi connectivity index (χ2n) is 6.18. The van der Waals surface area contributed by atoms with Crippen LogP contribution in [0.4, 0.5) is 13.2 Å². The minimum Gasteiger partial charge on any atom is -0.455 e. The van der Waals surface area contributed by atoms with Gasteiger partial charge in [-0.3, -0.25) is 4.79 Å². The van der Waals surface area contributed by atoms with Crippen molar-refractivity contribution in [2.45, 2.75) is 25.0 Å². The summed E-state index contributed by atoms with van der Waals surface area (Å²) in [6.07, 6.45) is -1.13. The number of nitrogens with zero attached hydrogens (tertiary/aromatic N) is 3. The molecule has 9 heteroatoms. The predicted molar refractivity (Wildman–Crippen MR) is 93.2 cm³/mol. The highest BCUT2D eigenvalue weighted by molar-refractivity contribution is 5.87. The molecule has 2 heterocycles. The summed E-state index contributed by atoms with van der Waals surface area (Å²) in [6, 6.07) is 6.54. The van der Waals surface area contributed by atoms with E-state index in [1.165, 1.54) is 35.5 Å². The fourth-order valence-electron chi connectivity index (χ4n) is 2.80. The van der Waals surface area contributed by atoms with E-state index in [1.54, 1.807) is 6.07 Å². The third-order valence-corrected chi connectivity index (χ3v) is 4.25. The molecule has 1 aromatic carbocycles. The number of carbonyl (C=O) groups is 1. The van der Waals surface area contributed by atoms with Gasteiger partial charge >= 0.3 is 12.2 Å². The lowest BCUT2D eigenvalue weighted by Gasteiger charge is -2.19. The van der Waals surface area contributed by atoms with Crippen molar-refractivity contribution in [1.82, 2.24) is 14.9 Å². The highest BCUT2D eigenvalue weighted by atomic mass is 19.4. The molecule has 1 aromatic heterocycles. The van der Waals surface area contributed by atoms with Gasteiger partial charge in [0.2, 0.25) is 5.91 Å². The summed E-state index contributed by atoms with van der Waals surface area (Å²) in [4.78, 5) is 21.4. The highest BCUT2D eigenvalue weighted by Crippen LogP contribution is 2.29. The molecular weight excluding hydrogens is 375 g/mol. The summed E-state index contributed by atoms with van der Waals surface area (Å²) < 4.78 is 49.5. The molecule has 1 unspecified atom stereocenters. The number of ether oxygens (including phenoxy) is 2. The number of halogens is 3. The third kappa shape index (κ3) is 4.86. The molecule has 28 heavy (non-hydrogen) atoms. The molecule has 3 rings (SSSR count). The van der Waals surface area contributed by atoms with Crippen LogP contribution in [0.1, 0.15) is 11.1 Å². The summed E-state index contributed by atoms with van der Waals surface area (Å²) in [5.74, 6) is -0.261. The smallest absolute Gasteiger partial charge is 0.416 e. The monoisotopic (exact) mass is 393 g/mol. The molecule has 1 saturated heterocycles. The lowest BCUT2D eigenvalue weighted by atomic mass is 10.1. The number of likely N-dealkylation sites (tertiary alicyclic amines) is 1. The second kappa shape index (κ2) is 8.39. The minimum absolute atomic E-state index is 0.0778. The molecular formula is C19H18F3N3O3. The summed E-state index contributed by atoms with van der Waals surface area (Å²) in [5, 5.41) is 0. The zero-order chi connectivity index (χ0) is 20.1. The largest absolute Gasteiger partial charge is 0.455 e. The zero-order valence-electron chi connectivity index (χ0n) is 14.8. The van der Waals surface area contributed by atoms with Crippen LogP contribution in [0.25, 0.3) is 0 Å². The van der Waals surface area contributed by atoms with Gasteiger partial charge in [0.05, 0.1) is 25.3 Å². The predicted octanol–water partition coefficient (Wildman–Crippen LogP) is 2.86. The van der Waals surface area contributed by atoms with Gasteiger partial charge < -0.3 is 14.4 Å². The molecule has 0 bridgehead atoms. The Hall–Kier alpha value is -2.94. The van der Waals surface area contributed by atoms with Gasteiger partial charge in [0.1, 0.15) is 12.2 Å². The van der Waals surface area contributed by atoms with E-state index in [2.05, 4.69) is 16.5 Å². The first-order valence-electron chi connectivity index (χ1n) is 8.49. The Balaban J connectivity index is 1.66. The second-order valence-corrected chi connectivity index (χ2v) is 6.18. The zero-order valence-corrected chi connectivity index (χ0v) is 14.8. The SMILES string of the molecule is C=CC(=O)N1CC(OCc2ccc(C(F)(F)F)cc2)[C@@H](Oc2ncccn2)C1. The molecule has 2 atom stereocenters. The van der Waals surface area contributed by atoms with Crippen molar-refractivity contribution in [3.8, 4) is 6.01 Å². The van der Waals surface area contributed by atoms with Gasteiger partial charge in [0.25, 0.3) is 0 Å². The lowest BCUT2D eigenvalue weighted by molar-refractivity contribution is -0.137. The minimum atomic E-state index is -4.38. The maximum absolute atomic E-state index is 12.7. The van der Waals surface area contributed by atoms with Crippen molar-refractivity contribution in [3.05, 3.63) is 66.5 Å². The van der Waals surface area contributed by atoms with E-state index in [0.29, 0.717) is 5.56 Å². The van der Waals surface area contributed by atoms with Crippen LogP contribution in [0.3, 0.4) is 0 Å². The Kier molecular flexibility index (Phi) is 5.93. The Morgan fingerprint density at radius 3 is 2.43 bits per heavy atom. The first-order valence-corrected chi connectivity index (χ1v) is 8.49. The molecule has 0 radical (unpaired) electrons. The van der Waals surface area contributed by atoms with E-state index >= 15 is 0 Å². The summed E-state index contributed by atoms with van der Waals surface area (Å²) in [5.41, 5.74) is -0.140. The van der Waals surface area contributed by atoms with Gasteiger partial charge in [0, 0.05) is 12.4 Å². The number of hydrogen-bond donors (Lipinski definition) is 0. The van der Waals surface area contributed by atoms with Gasteiger partial charge in [-0.15, -0.1) is 0 Å². The molecule has 0 saturated carbocycles. The molecule has 148 valence electrons. The van der Waals surface area contributed by atoms with Crippen molar-refractivity contribution in [2.75, 3.05) is 13.1 Å². The van der Waals surface area contributed by atoms with Crippen molar-refractivity contribution in [1.29, 1.82) is 0 Å². The van der Waals surface area contributed by atoms with Crippen molar-refractivity contribution >= 4 is 5.91 Å². The van der Waals surface area contributed by atoms with Crippen LogP contribution in [0.5, 0.6) is 6.01 Å². The van der Waals surface area contributed by atoms with Crippen LogP contribution in [-0.2, 0) is 22.3 Å². The Bertz CT molecular complexity index is 813. The normalized spacial score (nSPS) is 19.5. The Morgan fingerprint density at radius 2 is 1.82 bits per heavy atom. The van der Waals surface area contributed by atoms with Crippen LogP contribution < -0.4 is 4.74 Å². The molecule has 1 fully saturated rings. The first-order chi connectivity index (χ1) is 13.4. The fraction of sp³-hybridized carbons (Fsp3) is 0.316. The molecule has 1 amide bonds. The topological polar surface area (TPSA) is 64.6 Å². The van der Waals surface area contributed by atoms with Crippen LogP contribution in [0.2, 0.25) is 0 Å². The van der Waals surface area contributed by atoms with Crippen molar-refractivity contribution < 1.29 is 27.4 Å². The number of aromatic nitrogens is 2. The van der Waals surface area contributed by atoms with Crippen LogP contribution in [0.15, 0.2) is 55.4 Å². The molecule has 0 N–H and O–H groups in total. The highest BCUT2D eigenvalue weighted by Gasteiger charge is 2.37. The number of carbonyl (C=O) groups excluding carboxylic acids is 1. The Labute approximate surface area is 159 Å². The van der Waals surface area contributed by atoms with Gasteiger partial charge in [-0.1, -0.05) is 18.7 Å². The van der Waals surface area contributed by atoms with E-state index in [0.717, 1.165) is 12.1 Å². The number of hydrogen-bond acceptors (Lipinski definition) is 5. The molecule has 1 aliphatic heterocycles. The molecule has 1 aliphatic rings. The number of rotatable bonds is 6. The van der Waals surface area contributed by atoms with Gasteiger partial charge in [0.15, 0.2) is 0 Å². The van der Waals surface area contributed by atoms with Crippen LogP contribution >= 0.6 is 0 Å². The average Bonchev–Trinajstić information content (AvgIpc) is 3.09. The average molecular weight is 393 g/mol. The van der Waals surface area contributed by atoms with E-state index in [-0.39, 0.29) is 31.6 Å². The lowest BCUT2D eigenvalue weighted by Crippen LogP contribution is -2.33. The van der Waals surface area contributed by atoms with Gasteiger partial charge in [-0.25, -0.2) is 9.97 Å². The van der Waals surface area contributed by atoms with Crippen molar-refractivity contribution in [3.63, 3.8) is 0 Å². The molecule has 0 spiro atoms. The number of amides is 1. The van der Waals surface area contributed by atoms with Crippen LogP contribution in [0, 0.1) is 0 Å². The summed E-state index contributed by atoms with van der Waals surface area (Å²) in [7, 11) is 0. The summed E-state index contributed by atoms with van der Waals surface area (Å²) >= 11 is 0. The van der Waals surface area contributed by atoms with Gasteiger partial charge in [-0.2, -0.15) is 13.2 Å². The van der Waals surface area contributed by atoms with Crippen LogP contribution in [-0.4, -0.2) is 46.1 Å². The number of benzene rings is 1. The molecule has 2 aromatic rings. The summed E-state index contributed by atoms with van der Waals surface area (Å²) in [6.45, 7) is 4.08. The maximum atomic E-state index is 12.7. The quantitative estimate of drug-likeness (QED) is 0.707. The molecule has 6 nitrogen and oxygen atoms in total. The third-order valence-electron chi connectivity index (χ3n) is 4.25.